The highest BCUT2D eigenvalue weighted by Gasteiger charge is 2.32. The molecule has 2 rings (SSSR count). The first kappa shape index (κ1) is 14.1. The van der Waals surface area contributed by atoms with E-state index >= 15 is 0 Å². The van der Waals surface area contributed by atoms with Crippen LogP contribution in [0, 0.1) is 7.14 Å². The van der Waals surface area contributed by atoms with Crippen molar-refractivity contribution in [3.8, 4) is 5.75 Å². The molecular weight excluding hydrogens is 480 g/mol. The van der Waals surface area contributed by atoms with Gasteiger partial charge in [-0.1, -0.05) is 0 Å². The SMILES string of the molecule is CN1C(=O)S/C(=C\c2cc(I)cc(I)c2O)C1=O. The van der Waals surface area contributed by atoms with Crippen LogP contribution in [0.15, 0.2) is 17.0 Å². The van der Waals surface area contributed by atoms with Gasteiger partial charge in [0.15, 0.2) is 0 Å². The van der Waals surface area contributed by atoms with Gasteiger partial charge in [-0.25, -0.2) is 0 Å². The molecule has 7 heteroatoms. The van der Waals surface area contributed by atoms with Crippen LogP contribution in [0.4, 0.5) is 4.79 Å². The zero-order valence-electron chi connectivity index (χ0n) is 9.11. The van der Waals surface area contributed by atoms with E-state index in [4.69, 9.17) is 0 Å². The topological polar surface area (TPSA) is 57.6 Å². The van der Waals surface area contributed by atoms with Gasteiger partial charge in [0, 0.05) is 16.2 Å². The monoisotopic (exact) mass is 487 g/mol. The summed E-state index contributed by atoms with van der Waals surface area (Å²) in [5.74, 6) is -0.211. The Balaban J connectivity index is 2.46. The van der Waals surface area contributed by atoms with Crippen molar-refractivity contribution < 1.29 is 14.7 Å². The number of amides is 2. The van der Waals surface area contributed by atoms with Crippen LogP contribution in [0.1, 0.15) is 5.56 Å². The van der Waals surface area contributed by atoms with E-state index in [1.165, 1.54) is 7.05 Å². The summed E-state index contributed by atoms with van der Waals surface area (Å²) in [6.07, 6.45) is 1.55. The number of benzene rings is 1. The van der Waals surface area contributed by atoms with Gasteiger partial charge in [-0.05, 0) is 75.2 Å². The minimum absolute atomic E-state index is 0.124. The molecule has 0 bridgehead atoms. The van der Waals surface area contributed by atoms with E-state index in [-0.39, 0.29) is 16.9 Å². The number of likely N-dealkylation sites (N-methyl/N-ethyl adjacent to an activating group) is 1. The number of phenolic OH excluding ortho intramolecular Hbond substituents is 1. The van der Waals surface area contributed by atoms with Gasteiger partial charge in [-0.2, -0.15) is 0 Å². The number of hydrogen-bond acceptors (Lipinski definition) is 4. The predicted molar refractivity (Wildman–Crippen MR) is 87.3 cm³/mol. The third-order valence-electron chi connectivity index (χ3n) is 2.33. The summed E-state index contributed by atoms with van der Waals surface area (Å²) >= 11 is 5.04. The second kappa shape index (κ2) is 5.37. The maximum Gasteiger partial charge on any atom is 0.293 e. The van der Waals surface area contributed by atoms with E-state index in [0.717, 1.165) is 20.2 Å². The smallest absolute Gasteiger partial charge is 0.293 e. The number of imide groups is 1. The molecule has 1 aliphatic heterocycles. The summed E-state index contributed by atoms with van der Waals surface area (Å²) in [5.41, 5.74) is 0.547. The van der Waals surface area contributed by atoms with Gasteiger partial charge >= 0.3 is 0 Å². The van der Waals surface area contributed by atoms with Crippen LogP contribution in [-0.2, 0) is 4.79 Å². The number of phenols is 1. The van der Waals surface area contributed by atoms with Gasteiger partial charge in [0.2, 0.25) is 0 Å². The molecule has 4 nitrogen and oxygen atoms in total. The average Bonchev–Trinajstić information content (AvgIpc) is 2.53. The first-order valence-corrected chi connectivity index (χ1v) is 7.77. The summed E-state index contributed by atoms with van der Waals surface area (Å²) in [6.45, 7) is 0. The molecule has 0 aromatic heterocycles. The molecule has 1 fully saturated rings. The van der Waals surface area contributed by atoms with Crippen LogP contribution in [0.3, 0.4) is 0 Å². The summed E-state index contributed by atoms with van der Waals surface area (Å²) in [7, 11) is 1.44. The maximum atomic E-state index is 11.7. The molecule has 2 amide bonds. The van der Waals surface area contributed by atoms with E-state index in [1.54, 1.807) is 12.1 Å². The van der Waals surface area contributed by atoms with Crippen LogP contribution in [-0.4, -0.2) is 28.2 Å². The van der Waals surface area contributed by atoms with E-state index in [1.807, 2.05) is 28.7 Å². The fourth-order valence-corrected chi connectivity index (χ4v) is 4.09. The molecule has 94 valence electrons. The van der Waals surface area contributed by atoms with Crippen molar-refractivity contribution in [3.05, 3.63) is 29.7 Å². The fourth-order valence-electron chi connectivity index (χ4n) is 1.38. The fraction of sp³-hybridized carbons (Fsp3) is 0.0909. The third kappa shape index (κ3) is 2.67. The average molecular weight is 487 g/mol. The van der Waals surface area contributed by atoms with Crippen molar-refractivity contribution in [1.82, 2.24) is 4.90 Å². The number of thioether (sulfide) groups is 1. The number of aromatic hydroxyl groups is 1. The Morgan fingerprint density at radius 2 is 2.00 bits per heavy atom. The van der Waals surface area contributed by atoms with Crippen LogP contribution in [0.2, 0.25) is 0 Å². The quantitative estimate of drug-likeness (QED) is 0.489. The highest BCUT2D eigenvalue weighted by atomic mass is 127. The Hall–Kier alpha value is -0.290. The predicted octanol–water partition coefficient (Wildman–Crippen LogP) is 3.27. The molecule has 0 saturated carbocycles. The maximum absolute atomic E-state index is 11.7. The van der Waals surface area contributed by atoms with Crippen molar-refractivity contribution in [2.45, 2.75) is 0 Å². The Morgan fingerprint density at radius 1 is 1.33 bits per heavy atom. The van der Waals surface area contributed by atoms with E-state index in [9.17, 15) is 14.7 Å². The van der Waals surface area contributed by atoms with Crippen molar-refractivity contribution in [1.29, 1.82) is 0 Å². The lowest BCUT2D eigenvalue weighted by atomic mass is 10.2. The Bertz CT molecular complexity index is 586. The zero-order valence-corrected chi connectivity index (χ0v) is 14.2. The molecule has 1 saturated heterocycles. The standard InChI is InChI=1S/C11H7I2NO3S/c1-14-10(16)8(18-11(14)17)3-5-2-6(12)4-7(13)9(5)15/h2-4,15H,1H3/b8-3-. The lowest BCUT2D eigenvalue weighted by Gasteiger charge is -2.04. The van der Waals surface area contributed by atoms with Crippen LogP contribution in [0.5, 0.6) is 5.75 Å². The van der Waals surface area contributed by atoms with Crippen LogP contribution >= 0.6 is 56.9 Å². The second-order valence-electron chi connectivity index (χ2n) is 3.57. The number of rotatable bonds is 1. The Labute approximate surface area is 135 Å². The van der Waals surface area contributed by atoms with Gasteiger partial charge < -0.3 is 5.11 Å². The van der Waals surface area contributed by atoms with Gasteiger partial charge in [0.25, 0.3) is 11.1 Å². The largest absolute Gasteiger partial charge is 0.506 e. The first-order chi connectivity index (χ1) is 8.40. The molecule has 18 heavy (non-hydrogen) atoms. The van der Waals surface area contributed by atoms with E-state index in [0.29, 0.717) is 14.0 Å². The van der Waals surface area contributed by atoms with Gasteiger partial charge in [0.05, 0.1) is 8.48 Å². The third-order valence-corrected chi connectivity index (χ3v) is 4.74. The van der Waals surface area contributed by atoms with Crippen molar-refractivity contribution in [3.63, 3.8) is 0 Å². The number of carbonyl (C=O) groups is 2. The summed E-state index contributed by atoms with van der Waals surface area (Å²) in [5, 5.41) is 9.63. The lowest BCUT2D eigenvalue weighted by Crippen LogP contribution is -2.22. The van der Waals surface area contributed by atoms with Crippen LogP contribution < -0.4 is 0 Å². The second-order valence-corrected chi connectivity index (χ2v) is 6.97. The molecule has 1 aliphatic rings. The zero-order chi connectivity index (χ0) is 13.4. The summed E-state index contributed by atoms with van der Waals surface area (Å²) in [4.78, 5) is 24.5. The molecule has 0 aliphatic carbocycles. The molecule has 1 N–H and O–H groups in total. The molecule has 1 aromatic carbocycles. The molecular formula is C11H7I2NO3S. The van der Waals surface area contributed by atoms with Crippen LogP contribution in [0.25, 0.3) is 6.08 Å². The highest BCUT2D eigenvalue weighted by molar-refractivity contribution is 14.1. The van der Waals surface area contributed by atoms with Crippen molar-refractivity contribution >= 4 is 74.2 Å². The normalized spacial score (nSPS) is 17.9. The van der Waals surface area contributed by atoms with Gasteiger partial charge in [0.1, 0.15) is 5.75 Å². The molecule has 0 atom stereocenters. The minimum Gasteiger partial charge on any atom is -0.506 e. The van der Waals surface area contributed by atoms with E-state index < -0.39 is 0 Å². The molecule has 1 aromatic rings. The number of nitrogens with zero attached hydrogens (tertiary/aromatic N) is 1. The van der Waals surface area contributed by atoms with Crippen molar-refractivity contribution in [2.75, 3.05) is 7.05 Å². The van der Waals surface area contributed by atoms with Gasteiger partial charge in [-0.15, -0.1) is 0 Å². The molecule has 0 radical (unpaired) electrons. The Kier molecular flexibility index (Phi) is 4.22. The van der Waals surface area contributed by atoms with E-state index in [2.05, 4.69) is 22.6 Å². The first-order valence-electron chi connectivity index (χ1n) is 4.79. The molecule has 0 unspecified atom stereocenters. The minimum atomic E-state index is -0.335. The lowest BCUT2D eigenvalue weighted by molar-refractivity contribution is -0.121. The molecule has 0 spiro atoms. The van der Waals surface area contributed by atoms with Gasteiger partial charge in [-0.3, -0.25) is 14.5 Å². The number of carbonyl (C=O) groups excluding carboxylic acids is 2. The summed E-state index contributed by atoms with van der Waals surface area (Å²) < 4.78 is 1.67. The highest BCUT2D eigenvalue weighted by Crippen LogP contribution is 2.34. The Morgan fingerprint density at radius 3 is 2.56 bits per heavy atom. The summed E-state index contributed by atoms with van der Waals surface area (Å²) in [6, 6.07) is 3.60. The number of hydrogen-bond donors (Lipinski definition) is 1. The molecule has 1 heterocycles. The number of halogens is 2. The van der Waals surface area contributed by atoms with Crippen molar-refractivity contribution in [2.24, 2.45) is 0 Å².